The van der Waals surface area contributed by atoms with Crippen molar-refractivity contribution in [3.63, 3.8) is 0 Å². The lowest BCUT2D eigenvalue weighted by Crippen LogP contribution is -2.20. The second-order valence-electron chi connectivity index (χ2n) is 3.58. The summed E-state index contributed by atoms with van der Waals surface area (Å²) in [6.07, 6.45) is 3.51. The van der Waals surface area contributed by atoms with Gasteiger partial charge < -0.3 is 5.32 Å². The highest BCUT2D eigenvalue weighted by Crippen LogP contribution is 2.20. The third-order valence-electron chi connectivity index (χ3n) is 2.31. The van der Waals surface area contributed by atoms with E-state index in [4.69, 9.17) is 11.6 Å². The number of halogens is 2. The van der Waals surface area contributed by atoms with E-state index in [9.17, 15) is 0 Å². The molecule has 90 valence electrons. The highest BCUT2D eigenvalue weighted by Gasteiger charge is 2.00. The van der Waals surface area contributed by atoms with Gasteiger partial charge in [0.1, 0.15) is 0 Å². The molecule has 0 atom stereocenters. The minimum absolute atomic E-state index is 0.743. The number of aromatic nitrogens is 3. The summed E-state index contributed by atoms with van der Waals surface area (Å²) in [7, 11) is 0. The Labute approximate surface area is 113 Å². The van der Waals surface area contributed by atoms with Gasteiger partial charge in [0, 0.05) is 28.8 Å². The van der Waals surface area contributed by atoms with E-state index in [1.807, 2.05) is 24.4 Å². The third-order valence-corrected chi connectivity index (χ3v) is 3.17. The zero-order valence-electron chi connectivity index (χ0n) is 9.11. The van der Waals surface area contributed by atoms with E-state index >= 15 is 0 Å². The van der Waals surface area contributed by atoms with Crippen molar-refractivity contribution in [1.29, 1.82) is 0 Å². The van der Waals surface area contributed by atoms with Crippen molar-refractivity contribution in [2.75, 3.05) is 6.54 Å². The largest absolute Gasteiger partial charge is 0.311 e. The first kappa shape index (κ1) is 12.5. The molecule has 6 heteroatoms. The number of rotatable bonds is 5. The molecule has 1 N–H and O–H groups in total. The second-order valence-corrected chi connectivity index (χ2v) is 4.90. The Bertz CT molecular complexity index is 472. The standard InChI is InChI=1S/C11H12BrClN4/c12-10-1-2-11(13)9(7-10)8-14-3-5-17-6-4-15-16-17/h1-2,4,6-7,14H,3,5,8H2. The monoisotopic (exact) mass is 314 g/mol. The molecule has 0 bridgehead atoms. The topological polar surface area (TPSA) is 42.7 Å². The average Bonchev–Trinajstić information content (AvgIpc) is 2.82. The third kappa shape index (κ3) is 3.80. The summed E-state index contributed by atoms with van der Waals surface area (Å²) in [4.78, 5) is 0. The Morgan fingerprint density at radius 2 is 2.29 bits per heavy atom. The summed E-state index contributed by atoms with van der Waals surface area (Å²) in [5.41, 5.74) is 1.08. The molecule has 2 rings (SSSR count). The van der Waals surface area contributed by atoms with Crippen LogP contribution in [0.5, 0.6) is 0 Å². The first-order chi connectivity index (χ1) is 8.25. The lowest BCUT2D eigenvalue weighted by atomic mass is 10.2. The van der Waals surface area contributed by atoms with E-state index in [0.717, 1.165) is 34.7 Å². The molecular formula is C11H12BrClN4. The quantitative estimate of drug-likeness (QED) is 0.862. The smallest absolute Gasteiger partial charge is 0.0692 e. The van der Waals surface area contributed by atoms with Crippen molar-refractivity contribution < 1.29 is 0 Å². The first-order valence-electron chi connectivity index (χ1n) is 5.24. The molecule has 0 aliphatic heterocycles. The van der Waals surface area contributed by atoms with Crippen LogP contribution in [0, 0.1) is 0 Å². The molecule has 0 saturated heterocycles. The molecule has 1 aromatic heterocycles. The predicted octanol–water partition coefficient (Wildman–Crippen LogP) is 2.48. The minimum Gasteiger partial charge on any atom is -0.311 e. The predicted molar refractivity (Wildman–Crippen MR) is 70.9 cm³/mol. The maximum Gasteiger partial charge on any atom is 0.0692 e. The van der Waals surface area contributed by atoms with Gasteiger partial charge in [0.2, 0.25) is 0 Å². The maximum atomic E-state index is 6.09. The van der Waals surface area contributed by atoms with Gasteiger partial charge in [-0.3, -0.25) is 4.68 Å². The van der Waals surface area contributed by atoms with Gasteiger partial charge in [-0.1, -0.05) is 32.7 Å². The van der Waals surface area contributed by atoms with E-state index < -0.39 is 0 Å². The zero-order chi connectivity index (χ0) is 12.1. The van der Waals surface area contributed by atoms with Crippen LogP contribution >= 0.6 is 27.5 Å². The van der Waals surface area contributed by atoms with Crippen LogP contribution in [-0.2, 0) is 13.1 Å². The van der Waals surface area contributed by atoms with E-state index in [2.05, 4.69) is 31.6 Å². The van der Waals surface area contributed by atoms with Crippen molar-refractivity contribution in [3.8, 4) is 0 Å². The van der Waals surface area contributed by atoms with E-state index in [0.29, 0.717) is 0 Å². The molecule has 2 aromatic rings. The lowest BCUT2D eigenvalue weighted by Gasteiger charge is -2.07. The SMILES string of the molecule is Clc1ccc(Br)cc1CNCCn1ccnn1. The van der Waals surface area contributed by atoms with Gasteiger partial charge in [-0.15, -0.1) is 5.10 Å². The van der Waals surface area contributed by atoms with E-state index in [-0.39, 0.29) is 0 Å². The van der Waals surface area contributed by atoms with E-state index in [1.165, 1.54) is 0 Å². The van der Waals surface area contributed by atoms with Crippen LogP contribution in [0.1, 0.15) is 5.56 Å². The zero-order valence-corrected chi connectivity index (χ0v) is 11.4. The van der Waals surface area contributed by atoms with Gasteiger partial charge in [-0.2, -0.15) is 0 Å². The molecular weight excluding hydrogens is 304 g/mol. The van der Waals surface area contributed by atoms with E-state index in [1.54, 1.807) is 10.9 Å². The number of benzene rings is 1. The van der Waals surface area contributed by atoms with Crippen molar-refractivity contribution in [2.24, 2.45) is 0 Å². The van der Waals surface area contributed by atoms with Crippen LogP contribution in [0.25, 0.3) is 0 Å². The summed E-state index contributed by atoms with van der Waals surface area (Å²) in [6.45, 7) is 2.37. The molecule has 0 saturated carbocycles. The molecule has 1 aromatic carbocycles. The number of nitrogens with one attached hydrogen (secondary N) is 1. The maximum absolute atomic E-state index is 6.09. The van der Waals surface area contributed by atoms with Gasteiger partial charge in [0.15, 0.2) is 0 Å². The molecule has 0 amide bonds. The van der Waals surface area contributed by atoms with Crippen molar-refractivity contribution in [2.45, 2.75) is 13.1 Å². The van der Waals surface area contributed by atoms with Gasteiger partial charge in [0.25, 0.3) is 0 Å². The summed E-state index contributed by atoms with van der Waals surface area (Å²) in [5.74, 6) is 0. The van der Waals surface area contributed by atoms with Crippen LogP contribution in [0.3, 0.4) is 0 Å². The fourth-order valence-corrected chi connectivity index (χ4v) is 2.04. The molecule has 4 nitrogen and oxygen atoms in total. The number of hydrogen-bond donors (Lipinski definition) is 1. The molecule has 17 heavy (non-hydrogen) atoms. The average molecular weight is 316 g/mol. The second kappa shape index (κ2) is 6.14. The van der Waals surface area contributed by atoms with Gasteiger partial charge in [0.05, 0.1) is 12.7 Å². The molecule has 0 unspecified atom stereocenters. The number of nitrogens with zero attached hydrogens (tertiary/aromatic N) is 3. The van der Waals surface area contributed by atoms with Crippen LogP contribution in [0.15, 0.2) is 35.1 Å². The lowest BCUT2D eigenvalue weighted by molar-refractivity contribution is 0.540. The van der Waals surface area contributed by atoms with Gasteiger partial charge in [-0.05, 0) is 23.8 Å². The van der Waals surface area contributed by atoms with Crippen molar-refractivity contribution in [3.05, 3.63) is 45.7 Å². The normalized spacial score (nSPS) is 10.7. The molecule has 0 radical (unpaired) electrons. The van der Waals surface area contributed by atoms with Crippen LogP contribution < -0.4 is 5.32 Å². The molecule has 0 fully saturated rings. The van der Waals surface area contributed by atoms with Crippen molar-refractivity contribution in [1.82, 2.24) is 20.3 Å². The molecule has 1 heterocycles. The Morgan fingerprint density at radius 1 is 1.41 bits per heavy atom. The fraction of sp³-hybridized carbons (Fsp3) is 0.273. The van der Waals surface area contributed by atoms with Crippen molar-refractivity contribution >= 4 is 27.5 Å². The highest BCUT2D eigenvalue weighted by atomic mass is 79.9. The van der Waals surface area contributed by atoms with Gasteiger partial charge in [-0.25, -0.2) is 0 Å². The summed E-state index contributed by atoms with van der Waals surface area (Å²) in [6, 6.07) is 5.84. The molecule has 0 spiro atoms. The number of hydrogen-bond acceptors (Lipinski definition) is 3. The molecule has 0 aliphatic carbocycles. The fourth-order valence-electron chi connectivity index (χ4n) is 1.45. The summed E-state index contributed by atoms with van der Waals surface area (Å²) >= 11 is 9.51. The Morgan fingerprint density at radius 3 is 3.06 bits per heavy atom. The summed E-state index contributed by atoms with van der Waals surface area (Å²) in [5, 5.41) is 11.7. The van der Waals surface area contributed by atoms with Crippen LogP contribution in [0.4, 0.5) is 0 Å². The van der Waals surface area contributed by atoms with Gasteiger partial charge >= 0.3 is 0 Å². The Balaban J connectivity index is 1.80. The molecule has 0 aliphatic rings. The Kier molecular flexibility index (Phi) is 4.53. The highest BCUT2D eigenvalue weighted by molar-refractivity contribution is 9.10. The summed E-state index contributed by atoms with van der Waals surface area (Å²) < 4.78 is 2.82. The first-order valence-corrected chi connectivity index (χ1v) is 6.41. The van der Waals surface area contributed by atoms with Crippen LogP contribution in [0.2, 0.25) is 5.02 Å². The van der Waals surface area contributed by atoms with Crippen LogP contribution in [-0.4, -0.2) is 21.5 Å². The Hall–Kier alpha value is -0.910. The minimum atomic E-state index is 0.743.